The first-order chi connectivity index (χ1) is 7.61. The molecule has 0 spiro atoms. The molecule has 0 aliphatic carbocycles. The molecule has 1 aromatic carbocycles. The van der Waals surface area contributed by atoms with Crippen LogP contribution in [0.5, 0.6) is 0 Å². The first kappa shape index (κ1) is 13.1. The zero-order valence-corrected chi connectivity index (χ0v) is 9.76. The molecule has 0 aromatic heterocycles. The van der Waals surface area contributed by atoms with Crippen molar-refractivity contribution in [1.29, 1.82) is 0 Å². The minimum absolute atomic E-state index is 0.515. The van der Waals surface area contributed by atoms with E-state index >= 15 is 0 Å². The Morgan fingerprint density at radius 3 is 2.38 bits per heavy atom. The zero-order chi connectivity index (χ0) is 12.0. The van der Waals surface area contributed by atoms with Gasteiger partial charge < -0.3 is 10.2 Å². The summed E-state index contributed by atoms with van der Waals surface area (Å²) < 4.78 is 25.8. The van der Waals surface area contributed by atoms with Crippen molar-refractivity contribution < 1.29 is 8.78 Å². The van der Waals surface area contributed by atoms with Crippen molar-refractivity contribution in [1.82, 2.24) is 10.2 Å². The lowest BCUT2D eigenvalue weighted by Gasteiger charge is -2.16. The Kier molecular flexibility index (Phi) is 5.35. The minimum atomic E-state index is -0.515. The van der Waals surface area contributed by atoms with Crippen molar-refractivity contribution in [3.8, 4) is 0 Å². The van der Waals surface area contributed by atoms with E-state index in [9.17, 15) is 8.78 Å². The molecule has 0 amide bonds. The van der Waals surface area contributed by atoms with E-state index in [2.05, 4.69) is 5.32 Å². The topological polar surface area (TPSA) is 15.3 Å². The fraction of sp³-hybridized carbons (Fsp3) is 0.500. The van der Waals surface area contributed by atoms with Crippen LogP contribution < -0.4 is 5.32 Å². The number of rotatable bonds is 6. The van der Waals surface area contributed by atoms with Gasteiger partial charge in [0.05, 0.1) is 0 Å². The van der Waals surface area contributed by atoms with Gasteiger partial charge in [0, 0.05) is 12.6 Å². The van der Waals surface area contributed by atoms with Crippen molar-refractivity contribution in [2.45, 2.75) is 13.0 Å². The summed E-state index contributed by atoms with van der Waals surface area (Å²) in [5.74, 6) is -1.03. The van der Waals surface area contributed by atoms with Crippen LogP contribution in [0.2, 0.25) is 0 Å². The average Bonchev–Trinajstić information content (AvgIpc) is 2.16. The van der Waals surface area contributed by atoms with Crippen molar-refractivity contribution in [3.05, 3.63) is 35.4 Å². The summed E-state index contributed by atoms with van der Waals surface area (Å²) in [6, 6.07) is 3.64. The van der Waals surface area contributed by atoms with Crippen LogP contribution in [0, 0.1) is 11.6 Å². The molecule has 0 aliphatic heterocycles. The highest BCUT2D eigenvalue weighted by molar-refractivity contribution is 5.17. The molecule has 16 heavy (non-hydrogen) atoms. The molecular weight excluding hydrogens is 210 g/mol. The molecule has 0 bridgehead atoms. The molecule has 0 aliphatic rings. The van der Waals surface area contributed by atoms with Crippen LogP contribution in [-0.2, 0) is 6.54 Å². The molecule has 0 heterocycles. The fourth-order valence-corrected chi connectivity index (χ4v) is 1.62. The number of nitrogens with one attached hydrogen (secondary N) is 1. The maximum Gasteiger partial charge on any atom is 0.126 e. The van der Waals surface area contributed by atoms with E-state index in [0.29, 0.717) is 12.1 Å². The fourth-order valence-electron chi connectivity index (χ4n) is 1.62. The van der Waals surface area contributed by atoms with E-state index in [0.717, 1.165) is 25.6 Å². The summed E-state index contributed by atoms with van der Waals surface area (Å²) in [5.41, 5.74) is 0.671. The number of benzene rings is 1. The molecule has 1 N–H and O–H groups in total. The van der Waals surface area contributed by atoms with Gasteiger partial charge in [-0.3, -0.25) is 0 Å². The van der Waals surface area contributed by atoms with Crippen LogP contribution in [0.4, 0.5) is 8.78 Å². The van der Waals surface area contributed by atoms with Gasteiger partial charge in [-0.05, 0) is 51.3 Å². The maximum atomic E-state index is 12.9. The predicted octanol–water partition coefficient (Wildman–Crippen LogP) is 2.01. The molecule has 0 radical (unpaired) electrons. The van der Waals surface area contributed by atoms with E-state index in [1.54, 1.807) is 0 Å². The van der Waals surface area contributed by atoms with Gasteiger partial charge in [-0.15, -0.1) is 0 Å². The van der Waals surface area contributed by atoms with Gasteiger partial charge >= 0.3 is 0 Å². The maximum absolute atomic E-state index is 12.9. The van der Waals surface area contributed by atoms with Crippen LogP contribution in [0.25, 0.3) is 0 Å². The molecule has 0 atom stereocenters. The first-order valence-electron chi connectivity index (χ1n) is 5.40. The second-order valence-corrected chi connectivity index (χ2v) is 3.97. The SMILES string of the molecule is CNCCCN(C)Cc1cc(F)cc(F)c1. The molecule has 0 saturated carbocycles. The normalized spacial score (nSPS) is 11.1. The average molecular weight is 228 g/mol. The highest BCUT2D eigenvalue weighted by atomic mass is 19.1. The van der Waals surface area contributed by atoms with Gasteiger partial charge in [-0.1, -0.05) is 0 Å². The van der Waals surface area contributed by atoms with Crippen LogP contribution in [0.1, 0.15) is 12.0 Å². The van der Waals surface area contributed by atoms with Crippen molar-refractivity contribution in [2.75, 3.05) is 27.2 Å². The summed E-state index contributed by atoms with van der Waals surface area (Å²) in [4.78, 5) is 2.05. The molecule has 0 saturated heterocycles. The van der Waals surface area contributed by atoms with Crippen LogP contribution in [-0.4, -0.2) is 32.1 Å². The molecule has 0 fully saturated rings. The van der Waals surface area contributed by atoms with Crippen LogP contribution in [0.3, 0.4) is 0 Å². The van der Waals surface area contributed by atoms with Crippen molar-refractivity contribution in [2.24, 2.45) is 0 Å². The summed E-state index contributed by atoms with van der Waals surface area (Å²) in [7, 11) is 3.85. The Morgan fingerprint density at radius 2 is 1.81 bits per heavy atom. The Bertz CT molecular complexity index is 309. The van der Waals surface area contributed by atoms with Gasteiger partial charge in [-0.2, -0.15) is 0 Å². The van der Waals surface area contributed by atoms with Gasteiger partial charge in [-0.25, -0.2) is 8.78 Å². The third kappa shape index (κ3) is 4.68. The van der Waals surface area contributed by atoms with Crippen LogP contribution in [0.15, 0.2) is 18.2 Å². The van der Waals surface area contributed by atoms with Crippen LogP contribution >= 0.6 is 0 Å². The largest absolute Gasteiger partial charge is 0.320 e. The van der Waals surface area contributed by atoms with Crippen molar-refractivity contribution >= 4 is 0 Å². The highest BCUT2D eigenvalue weighted by Crippen LogP contribution is 2.09. The second kappa shape index (κ2) is 6.55. The Morgan fingerprint density at radius 1 is 1.19 bits per heavy atom. The number of hydrogen-bond acceptors (Lipinski definition) is 2. The predicted molar refractivity (Wildman–Crippen MR) is 61.2 cm³/mol. The molecule has 90 valence electrons. The Balaban J connectivity index is 2.45. The molecule has 4 heteroatoms. The quantitative estimate of drug-likeness (QED) is 0.749. The van der Waals surface area contributed by atoms with E-state index in [4.69, 9.17) is 0 Å². The molecule has 1 rings (SSSR count). The first-order valence-corrected chi connectivity index (χ1v) is 5.40. The molecule has 1 aromatic rings. The lowest BCUT2D eigenvalue weighted by Crippen LogP contribution is -2.22. The smallest absolute Gasteiger partial charge is 0.126 e. The van der Waals surface area contributed by atoms with Gasteiger partial charge in [0.1, 0.15) is 11.6 Å². The van der Waals surface area contributed by atoms with Gasteiger partial charge in [0.25, 0.3) is 0 Å². The number of halogens is 2. The lowest BCUT2D eigenvalue weighted by molar-refractivity contribution is 0.320. The number of nitrogens with zero attached hydrogens (tertiary/aromatic N) is 1. The van der Waals surface area contributed by atoms with E-state index in [1.165, 1.54) is 12.1 Å². The molecule has 0 unspecified atom stereocenters. The second-order valence-electron chi connectivity index (χ2n) is 3.97. The summed E-state index contributed by atoms with van der Waals surface area (Å²) in [6.07, 6.45) is 1.02. The highest BCUT2D eigenvalue weighted by Gasteiger charge is 2.03. The zero-order valence-electron chi connectivity index (χ0n) is 9.76. The molecular formula is C12H18F2N2. The van der Waals surface area contributed by atoms with Gasteiger partial charge in [0.15, 0.2) is 0 Å². The van der Waals surface area contributed by atoms with E-state index in [-0.39, 0.29) is 0 Å². The Labute approximate surface area is 95.3 Å². The van der Waals surface area contributed by atoms with Gasteiger partial charge in [0.2, 0.25) is 0 Å². The van der Waals surface area contributed by atoms with E-state index in [1.807, 2.05) is 19.0 Å². The monoisotopic (exact) mass is 228 g/mol. The van der Waals surface area contributed by atoms with Crippen molar-refractivity contribution in [3.63, 3.8) is 0 Å². The summed E-state index contributed by atoms with van der Waals surface area (Å²) in [6.45, 7) is 2.42. The third-order valence-electron chi connectivity index (χ3n) is 2.34. The third-order valence-corrected chi connectivity index (χ3v) is 2.34. The van der Waals surface area contributed by atoms with E-state index < -0.39 is 11.6 Å². The standard InChI is InChI=1S/C12H18F2N2/c1-15-4-3-5-16(2)9-10-6-11(13)8-12(14)7-10/h6-8,15H,3-5,9H2,1-2H3. The summed E-state index contributed by atoms with van der Waals surface area (Å²) >= 11 is 0. The minimum Gasteiger partial charge on any atom is -0.320 e. The number of hydrogen-bond donors (Lipinski definition) is 1. The summed E-state index contributed by atoms with van der Waals surface area (Å²) in [5, 5.41) is 3.06. The molecule has 2 nitrogen and oxygen atoms in total. The lowest BCUT2D eigenvalue weighted by atomic mass is 10.2. The Hall–Kier alpha value is -1.00.